The molecule has 8 rings (SSSR count). The summed E-state index contributed by atoms with van der Waals surface area (Å²) in [4.78, 5) is 53.2. The smallest absolute Gasteiger partial charge is 0.303 e. The molecule has 83 heavy (non-hydrogen) atoms. The Hall–Kier alpha value is -4.30. The summed E-state index contributed by atoms with van der Waals surface area (Å²) in [6.07, 6.45) is -25.9. The molecule has 26 heteroatoms. The first kappa shape index (κ1) is 64.7. The van der Waals surface area contributed by atoms with Crippen LogP contribution in [0.1, 0.15) is 116 Å². The van der Waals surface area contributed by atoms with Crippen molar-refractivity contribution in [3.8, 4) is 17.2 Å². The maximum atomic E-state index is 15.1. The van der Waals surface area contributed by atoms with Gasteiger partial charge in [-0.15, -0.1) is 0 Å². The van der Waals surface area contributed by atoms with Crippen LogP contribution in [0, 0.1) is 12.8 Å². The van der Waals surface area contributed by atoms with Gasteiger partial charge in [-0.05, 0) is 84.9 Å². The number of phenolic OH excluding ortho intramolecular Hbond substituents is 2. The lowest BCUT2D eigenvalue weighted by Gasteiger charge is -2.46. The van der Waals surface area contributed by atoms with Crippen LogP contribution in [0.4, 0.5) is 0 Å². The second kappa shape index (κ2) is 26.4. The lowest BCUT2D eigenvalue weighted by atomic mass is 9.75. The molecule has 5 fully saturated rings. The Bertz CT molecular complexity index is 2620. The highest BCUT2D eigenvalue weighted by Gasteiger charge is 2.52. The topological polar surface area (TPSA) is 359 Å². The van der Waals surface area contributed by atoms with Crippen molar-refractivity contribution in [3.63, 3.8) is 0 Å². The molecule has 0 bridgehead atoms. The van der Waals surface area contributed by atoms with Crippen LogP contribution in [0.25, 0.3) is 10.8 Å². The van der Waals surface area contributed by atoms with E-state index in [1.165, 1.54) is 67.9 Å². The fourth-order valence-electron chi connectivity index (χ4n) is 12.4. The number of Topliss-reactive ketones (excluding diaryl/α,β-unsaturated/α-hetero) is 2. The maximum Gasteiger partial charge on any atom is 0.303 e. The summed E-state index contributed by atoms with van der Waals surface area (Å²) < 4.78 is 84.2. The highest BCUT2D eigenvalue weighted by molar-refractivity contribution is 6.11. The van der Waals surface area contributed by atoms with E-state index in [1.54, 1.807) is 27.7 Å². The average Bonchev–Trinajstić information content (AvgIpc) is 3.57. The number of aliphatic hydroxyl groups excluding tert-OH is 5. The number of benzene rings is 2. The third-order valence-corrected chi connectivity index (χ3v) is 16.6. The van der Waals surface area contributed by atoms with E-state index in [0.717, 1.165) is 0 Å². The molecule has 0 amide bonds. The Morgan fingerprint density at radius 1 is 0.687 bits per heavy atom. The van der Waals surface area contributed by atoms with Crippen LogP contribution >= 0.6 is 0 Å². The van der Waals surface area contributed by atoms with Crippen molar-refractivity contribution >= 4 is 34.3 Å². The second-order valence-electron chi connectivity index (χ2n) is 23.1. The number of hydrogen-bond donors (Lipinski definition) is 8. The number of fused-ring (bicyclic) bond motifs is 2. The summed E-state index contributed by atoms with van der Waals surface area (Å²) in [6, 6.07) is 3.04. The number of ether oxygens (including phenoxy) is 14. The zero-order valence-corrected chi connectivity index (χ0v) is 48.7. The third kappa shape index (κ3) is 13.9. The Labute approximate surface area is 480 Å². The van der Waals surface area contributed by atoms with Crippen molar-refractivity contribution in [1.82, 2.24) is 0 Å². The summed E-state index contributed by atoms with van der Waals surface area (Å²) in [7, 11) is 2.64. The molecule has 5 saturated heterocycles. The number of rotatable bonds is 18. The van der Waals surface area contributed by atoms with E-state index in [0.29, 0.717) is 0 Å². The molecular weight excluding hydrogens is 1100 g/mol. The minimum atomic E-state index is -1.96. The van der Waals surface area contributed by atoms with Gasteiger partial charge in [0, 0.05) is 71.7 Å². The number of phenols is 2. The largest absolute Gasteiger partial charge is 0.507 e. The van der Waals surface area contributed by atoms with Gasteiger partial charge >= 0.3 is 11.9 Å². The first-order chi connectivity index (χ1) is 39.0. The number of esters is 2. The molecule has 0 aromatic heterocycles. The molecule has 466 valence electrons. The Kier molecular flexibility index (Phi) is 20.5. The third-order valence-electron chi connectivity index (χ3n) is 16.6. The molecule has 0 spiro atoms. The van der Waals surface area contributed by atoms with Crippen molar-refractivity contribution in [2.24, 2.45) is 5.92 Å². The molecule has 26 nitrogen and oxygen atoms in total. The molecule has 1 aliphatic carbocycles. The molecular formula is C57H82O26. The van der Waals surface area contributed by atoms with E-state index < -0.39 is 188 Å². The van der Waals surface area contributed by atoms with Crippen LogP contribution < -0.4 is 4.74 Å². The second-order valence-corrected chi connectivity index (χ2v) is 23.1. The molecule has 0 saturated carbocycles. The van der Waals surface area contributed by atoms with E-state index in [-0.39, 0.29) is 71.7 Å². The average molecular weight is 1180 g/mol. The van der Waals surface area contributed by atoms with E-state index in [1.807, 2.05) is 0 Å². The maximum absolute atomic E-state index is 15.1. The van der Waals surface area contributed by atoms with Gasteiger partial charge in [-0.25, -0.2) is 0 Å². The van der Waals surface area contributed by atoms with Crippen molar-refractivity contribution in [2.75, 3.05) is 14.2 Å². The zero-order chi connectivity index (χ0) is 60.8. The normalized spacial score (nSPS) is 39.7. The number of aromatic hydroxyl groups is 2. The van der Waals surface area contributed by atoms with Gasteiger partial charge in [0.25, 0.3) is 0 Å². The Morgan fingerprint density at radius 2 is 1.22 bits per heavy atom. The SMILES string of the molecule is COC(C(=O)C(O)C(C)O)C1Cc2cc3cc(O[C@H]4C[C@@H](O[C@H]5C[C@@H](O)[C@@H](OC)[C@@H](C)O5)[C@@H](OC(C)=O)[C@@H](C)O4)c(C)c(O)c3c(O)c2C(=O)C1O[C@H]1C[C@@H](O[C@H]2C[C@@H](O[C@H]3C[C@](C)(O)[C@@H](OC(C)=O)[C@H](C)O3)[C@H](O)[C@@H](C)O2)[C@H](O)[C@@H](C)O1. The van der Waals surface area contributed by atoms with Gasteiger partial charge in [0.15, 0.2) is 48.9 Å². The van der Waals surface area contributed by atoms with Gasteiger partial charge in [0.1, 0.15) is 65.6 Å². The molecule has 5 unspecified atom stereocenters. The molecule has 0 radical (unpaired) electrons. The number of ketones is 2. The van der Waals surface area contributed by atoms with Crippen LogP contribution in [0.15, 0.2) is 12.1 Å². The lowest BCUT2D eigenvalue weighted by Crippen LogP contribution is -2.59. The van der Waals surface area contributed by atoms with Crippen molar-refractivity contribution in [2.45, 2.75) is 255 Å². The van der Waals surface area contributed by atoms with Crippen molar-refractivity contribution in [1.29, 1.82) is 0 Å². The Balaban J connectivity index is 1.04. The van der Waals surface area contributed by atoms with Gasteiger partial charge in [0.05, 0.1) is 65.9 Å². The molecule has 2 aromatic rings. The minimum Gasteiger partial charge on any atom is -0.507 e. The molecule has 6 aliphatic rings. The predicted octanol–water partition coefficient (Wildman–Crippen LogP) is 1.55. The highest BCUT2D eigenvalue weighted by Crippen LogP contribution is 2.48. The van der Waals surface area contributed by atoms with E-state index in [9.17, 15) is 55.2 Å². The standard InChI is InChI=1S/C57H82O26/c1-21-34(79-40-19-37(53(26(6)75-40)77-28(8)59)82-38-16-33(61)52(70-11)25(5)74-38)15-31-13-30-14-32(54(71-12)51(68)46(63)22(2)58)55(50(67)44(30)49(66)43(31)45(21)62)83-41-18-35(47(64)24(4)73-41)80-39-17-36(48(65)23(3)72-39)81-42-20-57(10,69)56(27(7)76-42)78-29(9)60/h13,15,22-27,32-33,35-42,46-48,52-56,58,61-66,69H,14,16-20H2,1-12H3/t22?,23-,24-,25-,26-,27+,32?,33-,35-,36-,37-,38+,39+,40+,41+,42+,46?,47-,48-,52+,53+,54?,55?,56+,57+/m1/s1. The summed E-state index contributed by atoms with van der Waals surface area (Å²) in [5, 5.41) is 90.1. The van der Waals surface area contributed by atoms with E-state index >= 15 is 4.79 Å². The van der Waals surface area contributed by atoms with Crippen LogP contribution in [0.3, 0.4) is 0 Å². The number of hydrogen-bond acceptors (Lipinski definition) is 26. The van der Waals surface area contributed by atoms with Gasteiger partial charge in [-0.3, -0.25) is 19.2 Å². The first-order valence-electron chi connectivity index (χ1n) is 28.2. The molecule has 5 aliphatic heterocycles. The molecule has 2 aromatic carbocycles. The highest BCUT2D eigenvalue weighted by atomic mass is 16.7. The quantitative estimate of drug-likeness (QED) is 0.0982. The lowest BCUT2D eigenvalue weighted by molar-refractivity contribution is -0.334. The fourth-order valence-corrected chi connectivity index (χ4v) is 12.4. The number of carbonyl (C=O) groups is 4. The van der Waals surface area contributed by atoms with E-state index in [2.05, 4.69) is 0 Å². The Morgan fingerprint density at radius 3 is 1.78 bits per heavy atom. The zero-order valence-electron chi connectivity index (χ0n) is 48.7. The van der Waals surface area contributed by atoms with Gasteiger partial charge in [0.2, 0.25) is 6.29 Å². The van der Waals surface area contributed by atoms with Gasteiger partial charge in [-0.1, -0.05) is 0 Å². The molecule has 8 N–H and O–H groups in total. The molecule has 25 atom stereocenters. The van der Waals surface area contributed by atoms with Crippen LogP contribution in [-0.4, -0.2) is 225 Å². The summed E-state index contributed by atoms with van der Waals surface area (Å²) in [6.45, 7) is 14.8. The number of methoxy groups -OCH3 is 2. The van der Waals surface area contributed by atoms with Crippen molar-refractivity contribution < 1.29 is 126 Å². The fraction of sp³-hybridized carbons (Fsp3) is 0.754. The summed E-state index contributed by atoms with van der Waals surface area (Å²) in [5.41, 5.74) is -1.51. The summed E-state index contributed by atoms with van der Waals surface area (Å²) >= 11 is 0. The van der Waals surface area contributed by atoms with Crippen LogP contribution in [0.2, 0.25) is 0 Å². The predicted molar refractivity (Wildman–Crippen MR) is 282 cm³/mol. The van der Waals surface area contributed by atoms with Gasteiger partial charge in [-0.2, -0.15) is 0 Å². The van der Waals surface area contributed by atoms with Crippen LogP contribution in [-0.2, 0) is 82.4 Å². The summed E-state index contributed by atoms with van der Waals surface area (Å²) in [5.74, 6) is -5.32. The number of carbonyl (C=O) groups excluding carboxylic acids is 4. The molecule has 5 heterocycles. The van der Waals surface area contributed by atoms with Crippen LogP contribution in [0.5, 0.6) is 17.2 Å². The van der Waals surface area contributed by atoms with Gasteiger partial charge < -0.3 is 107 Å². The minimum absolute atomic E-state index is 0.0251. The van der Waals surface area contributed by atoms with Crippen molar-refractivity contribution in [3.05, 3.63) is 28.8 Å². The first-order valence-corrected chi connectivity index (χ1v) is 28.2. The number of aliphatic hydroxyl groups is 6. The van der Waals surface area contributed by atoms with E-state index in [4.69, 9.17) is 66.3 Å². The monoisotopic (exact) mass is 1180 g/mol.